The first-order chi connectivity index (χ1) is 11.9. The molecule has 0 spiro atoms. The van der Waals surface area contributed by atoms with Crippen molar-refractivity contribution in [3.05, 3.63) is 23.8 Å². The van der Waals surface area contributed by atoms with Gasteiger partial charge in [-0.25, -0.2) is 0 Å². The van der Waals surface area contributed by atoms with E-state index in [1.165, 1.54) is 0 Å². The fraction of sp³-hybridized carbons (Fsp3) is 0.579. The molecule has 0 bridgehead atoms. The number of hydrogen-bond acceptors (Lipinski definition) is 4. The van der Waals surface area contributed by atoms with E-state index in [0.717, 1.165) is 37.0 Å². The maximum absolute atomic E-state index is 11.9. The third kappa shape index (κ3) is 6.29. The maximum atomic E-state index is 11.9. The van der Waals surface area contributed by atoms with Crippen molar-refractivity contribution in [1.82, 2.24) is 5.32 Å². The van der Waals surface area contributed by atoms with Gasteiger partial charge in [0.25, 0.3) is 5.91 Å². The summed E-state index contributed by atoms with van der Waals surface area (Å²) >= 11 is 0. The van der Waals surface area contributed by atoms with Crippen molar-refractivity contribution in [2.45, 2.75) is 58.0 Å². The second kappa shape index (κ2) is 8.74. The van der Waals surface area contributed by atoms with Crippen LogP contribution in [0.1, 0.15) is 51.5 Å². The smallest absolute Gasteiger partial charge is 0.303 e. The standard InChI is InChI=1S/C19H27NO5/c1-19(2)12-14-8-7-9-15(18(14)25-19)24-13-16(21)20-11-6-4-3-5-10-17(22)23/h7-9H,3-6,10-13H2,1-2H3,(H,20,21)(H,22,23). The predicted molar refractivity (Wildman–Crippen MR) is 94.1 cm³/mol. The first-order valence-electron chi connectivity index (χ1n) is 8.79. The van der Waals surface area contributed by atoms with Crippen molar-refractivity contribution < 1.29 is 24.2 Å². The molecule has 1 aromatic rings. The molecule has 2 N–H and O–H groups in total. The Morgan fingerprint density at radius 2 is 2.00 bits per heavy atom. The molecule has 0 saturated carbocycles. The Morgan fingerprint density at radius 1 is 1.24 bits per heavy atom. The average molecular weight is 349 g/mol. The normalized spacial score (nSPS) is 14.5. The predicted octanol–water partition coefficient (Wildman–Crippen LogP) is 2.93. The number of ether oxygens (including phenoxy) is 2. The Hall–Kier alpha value is -2.24. The number of para-hydroxylation sites is 1. The molecule has 2 rings (SSSR count). The highest BCUT2D eigenvalue weighted by atomic mass is 16.5. The van der Waals surface area contributed by atoms with Crippen LogP contribution in [0.25, 0.3) is 0 Å². The summed E-state index contributed by atoms with van der Waals surface area (Å²) in [4.78, 5) is 22.3. The molecule has 1 aliphatic rings. The Balaban J connectivity index is 1.65. The molecule has 0 radical (unpaired) electrons. The summed E-state index contributed by atoms with van der Waals surface area (Å²) < 4.78 is 11.5. The number of fused-ring (bicyclic) bond motifs is 1. The zero-order chi connectivity index (χ0) is 18.3. The molecular formula is C19H27NO5. The zero-order valence-corrected chi connectivity index (χ0v) is 15.0. The Kier molecular flexibility index (Phi) is 6.67. The number of nitrogens with one attached hydrogen (secondary N) is 1. The lowest BCUT2D eigenvalue weighted by molar-refractivity contribution is -0.137. The summed E-state index contributed by atoms with van der Waals surface area (Å²) in [5, 5.41) is 11.4. The van der Waals surface area contributed by atoms with Crippen molar-refractivity contribution in [3.63, 3.8) is 0 Å². The second-order valence-electron chi connectivity index (χ2n) is 6.98. The molecule has 6 heteroatoms. The summed E-state index contributed by atoms with van der Waals surface area (Å²) in [5.74, 6) is 0.413. The largest absolute Gasteiger partial charge is 0.483 e. The topological polar surface area (TPSA) is 84.9 Å². The van der Waals surface area contributed by atoms with Crippen LogP contribution >= 0.6 is 0 Å². The minimum atomic E-state index is -0.759. The highest BCUT2D eigenvalue weighted by Gasteiger charge is 2.32. The molecular weight excluding hydrogens is 322 g/mol. The number of carboxylic acid groups (broad SMARTS) is 1. The average Bonchev–Trinajstić information content (AvgIpc) is 2.86. The van der Waals surface area contributed by atoms with Crippen LogP contribution in [0.2, 0.25) is 0 Å². The highest BCUT2D eigenvalue weighted by molar-refractivity contribution is 5.77. The molecule has 0 saturated heterocycles. The Morgan fingerprint density at radius 3 is 2.76 bits per heavy atom. The van der Waals surface area contributed by atoms with Gasteiger partial charge in [0.1, 0.15) is 5.60 Å². The number of rotatable bonds is 10. The first-order valence-corrected chi connectivity index (χ1v) is 8.79. The first kappa shape index (κ1) is 19.1. The number of hydrogen-bond donors (Lipinski definition) is 2. The molecule has 6 nitrogen and oxygen atoms in total. The van der Waals surface area contributed by atoms with Crippen molar-refractivity contribution >= 4 is 11.9 Å². The number of carboxylic acids is 1. The van der Waals surface area contributed by atoms with E-state index < -0.39 is 5.97 Å². The SMILES string of the molecule is CC1(C)Cc2cccc(OCC(=O)NCCCCCCC(=O)O)c2O1. The maximum Gasteiger partial charge on any atom is 0.303 e. The molecule has 138 valence electrons. The van der Waals surface area contributed by atoms with Gasteiger partial charge in [0.15, 0.2) is 18.1 Å². The molecule has 0 atom stereocenters. The molecule has 0 aromatic heterocycles. The lowest BCUT2D eigenvalue weighted by atomic mass is 10.0. The van der Waals surface area contributed by atoms with E-state index in [1.54, 1.807) is 0 Å². The molecule has 0 unspecified atom stereocenters. The van der Waals surface area contributed by atoms with Crippen LogP contribution in [-0.2, 0) is 16.0 Å². The molecule has 1 aromatic carbocycles. The van der Waals surface area contributed by atoms with Crippen molar-refractivity contribution in [1.29, 1.82) is 0 Å². The monoisotopic (exact) mass is 349 g/mol. The van der Waals surface area contributed by atoms with Crippen molar-refractivity contribution in [2.75, 3.05) is 13.2 Å². The highest BCUT2D eigenvalue weighted by Crippen LogP contribution is 2.41. The lowest BCUT2D eigenvalue weighted by Crippen LogP contribution is -2.29. The molecule has 1 aliphatic heterocycles. The van der Waals surface area contributed by atoms with Gasteiger partial charge in [-0.15, -0.1) is 0 Å². The molecule has 0 aliphatic carbocycles. The van der Waals surface area contributed by atoms with Crippen LogP contribution in [-0.4, -0.2) is 35.7 Å². The van der Waals surface area contributed by atoms with Gasteiger partial charge in [0.2, 0.25) is 0 Å². The van der Waals surface area contributed by atoms with Crippen LogP contribution in [0.15, 0.2) is 18.2 Å². The van der Waals surface area contributed by atoms with E-state index in [2.05, 4.69) is 5.32 Å². The van der Waals surface area contributed by atoms with Gasteiger partial charge >= 0.3 is 5.97 Å². The minimum Gasteiger partial charge on any atom is -0.483 e. The van der Waals surface area contributed by atoms with E-state index in [4.69, 9.17) is 14.6 Å². The Labute approximate surface area is 148 Å². The number of aliphatic carboxylic acids is 1. The van der Waals surface area contributed by atoms with Crippen molar-refractivity contribution in [3.8, 4) is 11.5 Å². The third-order valence-corrected chi connectivity index (χ3v) is 4.05. The quantitative estimate of drug-likeness (QED) is 0.635. The van der Waals surface area contributed by atoms with E-state index in [1.807, 2.05) is 32.0 Å². The van der Waals surface area contributed by atoms with Gasteiger partial charge in [0.05, 0.1) is 0 Å². The number of carbonyl (C=O) groups excluding carboxylic acids is 1. The van der Waals surface area contributed by atoms with Crippen LogP contribution in [0.4, 0.5) is 0 Å². The zero-order valence-electron chi connectivity index (χ0n) is 15.0. The number of amides is 1. The summed E-state index contributed by atoms with van der Waals surface area (Å²) in [5.41, 5.74) is 0.856. The van der Waals surface area contributed by atoms with Gasteiger partial charge < -0.3 is 19.9 Å². The van der Waals surface area contributed by atoms with Gasteiger partial charge in [-0.3, -0.25) is 9.59 Å². The van der Waals surface area contributed by atoms with Crippen LogP contribution in [0.5, 0.6) is 11.5 Å². The van der Waals surface area contributed by atoms with E-state index in [9.17, 15) is 9.59 Å². The third-order valence-electron chi connectivity index (χ3n) is 4.05. The second-order valence-corrected chi connectivity index (χ2v) is 6.98. The molecule has 25 heavy (non-hydrogen) atoms. The molecule has 1 amide bonds. The fourth-order valence-electron chi connectivity index (χ4n) is 2.88. The lowest BCUT2D eigenvalue weighted by Gasteiger charge is -2.18. The molecule has 1 heterocycles. The number of benzene rings is 1. The number of unbranched alkanes of at least 4 members (excludes halogenated alkanes) is 3. The summed E-state index contributed by atoms with van der Waals surface area (Å²) in [6.45, 7) is 4.59. The van der Waals surface area contributed by atoms with Gasteiger partial charge in [-0.1, -0.05) is 25.0 Å². The van der Waals surface area contributed by atoms with E-state index >= 15 is 0 Å². The van der Waals surface area contributed by atoms with Crippen LogP contribution in [0.3, 0.4) is 0 Å². The summed E-state index contributed by atoms with van der Waals surface area (Å²) in [6, 6.07) is 5.74. The Bertz CT molecular complexity index is 612. The minimum absolute atomic E-state index is 0.0424. The molecule has 0 fully saturated rings. The summed E-state index contributed by atoms with van der Waals surface area (Å²) in [7, 11) is 0. The van der Waals surface area contributed by atoms with Crippen LogP contribution < -0.4 is 14.8 Å². The van der Waals surface area contributed by atoms with Gasteiger partial charge in [-0.2, -0.15) is 0 Å². The van der Waals surface area contributed by atoms with Gasteiger partial charge in [0, 0.05) is 24.9 Å². The summed E-state index contributed by atoms with van der Waals surface area (Å²) in [6.07, 6.45) is 4.32. The number of carbonyl (C=O) groups is 2. The van der Waals surface area contributed by atoms with E-state index in [0.29, 0.717) is 18.7 Å². The van der Waals surface area contributed by atoms with Crippen LogP contribution in [0, 0.1) is 0 Å². The fourth-order valence-corrected chi connectivity index (χ4v) is 2.88. The van der Waals surface area contributed by atoms with E-state index in [-0.39, 0.29) is 24.5 Å². The van der Waals surface area contributed by atoms with Gasteiger partial charge in [-0.05, 0) is 32.8 Å². The van der Waals surface area contributed by atoms with Crippen molar-refractivity contribution in [2.24, 2.45) is 0 Å².